The Morgan fingerprint density at radius 1 is 1.37 bits per heavy atom. The van der Waals surface area contributed by atoms with Crippen molar-refractivity contribution in [2.45, 2.75) is 37.8 Å². The van der Waals surface area contributed by atoms with E-state index in [4.69, 9.17) is 4.74 Å². The minimum absolute atomic E-state index is 0.432. The summed E-state index contributed by atoms with van der Waals surface area (Å²) in [4.78, 5) is 11.7. The van der Waals surface area contributed by atoms with Gasteiger partial charge in [0, 0.05) is 23.0 Å². The number of anilines is 1. The van der Waals surface area contributed by atoms with Gasteiger partial charge in [-0.1, -0.05) is 15.9 Å². The molecule has 0 aliphatic carbocycles. The lowest BCUT2D eigenvalue weighted by Crippen LogP contribution is -2.55. The first-order valence-corrected chi connectivity index (χ1v) is 7.03. The molecule has 1 atom stereocenters. The van der Waals surface area contributed by atoms with Crippen molar-refractivity contribution in [3.63, 3.8) is 0 Å². The Kier molecular flexibility index (Phi) is 3.87. The van der Waals surface area contributed by atoms with E-state index in [0.717, 1.165) is 10.2 Å². The smallest absolute Gasteiger partial charge is 0.329 e. The maximum Gasteiger partial charge on any atom is 0.329 e. The van der Waals surface area contributed by atoms with E-state index in [2.05, 4.69) is 21.2 Å². The summed E-state index contributed by atoms with van der Waals surface area (Å²) in [6.07, 6.45) is 0.896. The first kappa shape index (κ1) is 14.3. The van der Waals surface area contributed by atoms with E-state index >= 15 is 0 Å². The molecule has 1 aromatic rings. The Balaban J connectivity index is 2.25. The first-order chi connectivity index (χ1) is 8.83. The summed E-state index contributed by atoms with van der Waals surface area (Å²) in [5.74, 6) is -0.827. The van der Waals surface area contributed by atoms with Gasteiger partial charge in [-0.3, -0.25) is 0 Å². The Hall–Kier alpha value is -1.07. The van der Waals surface area contributed by atoms with Gasteiger partial charge in [0.25, 0.3) is 0 Å². The molecule has 5 heteroatoms. The van der Waals surface area contributed by atoms with E-state index in [-0.39, 0.29) is 0 Å². The van der Waals surface area contributed by atoms with Crippen molar-refractivity contribution in [1.29, 1.82) is 0 Å². The number of ether oxygens (including phenoxy) is 1. The number of hydrogen-bond acceptors (Lipinski definition) is 3. The van der Waals surface area contributed by atoms with Crippen LogP contribution in [0, 0.1) is 0 Å². The number of carboxylic acids is 1. The Labute approximate surface area is 121 Å². The van der Waals surface area contributed by atoms with E-state index in [1.807, 2.05) is 38.1 Å². The molecular weight excluding hydrogens is 310 g/mol. The van der Waals surface area contributed by atoms with E-state index in [0.29, 0.717) is 19.4 Å². The van der Waals surface area contributed by atoms with Crippen molar-refractivity contribution in [3.8, 4) is 0 Å². The molecule has 0 bridgehead atoms. The summed E-state index contributed by atoms with van der Waals surface area (Å²) < 4.78 is 6.58. The van der Waals surface area contributed by atoms with Crippen LogP contribution in [0.5, 0.6) is 0 Å². The summed E-state index contributed by atoms with van der Waals surface area (Å²) in [5, 5.41) is 12.8. The van der Waals surface area contributed by atoms with Crippen LogP contribution in [0.1, 0.15) is 26.7 Å². The predicted molar refractivity (Wildman–Crippen MR) is 77.4 cm³/mol. The van der Waals surface area contributed by atoms with E-state index in [1.165, 1.54) is 0 Å². The standard InChI is InChI=1S/C14H18BrNO3/c1-13(2)9-14(12(17)18,7-8-19-13)16-11-5-3-10(15)4-6-11/h3-6,16H,7-9H2,1-2H3,(H,17,18). The second-order valence-corrected chi connectivity index (χ2v) is 6.47. The van der Waals surface area contributed by atoms with Crippen LogP contribution in [0.2, 0.25) is 0 Å². The highest BCUT2D eigenvalue weighted by Gasteiger charge is 2.46. The minimum atomic E-state index is -0.963. The number of hydrogen-bond donors (Lipinski definition) is 2. The quantitative estimate of drug-likeness (QED) is 0.894. The van der Waals surface area contributed by atoms with Crippen molar-refractivity contribution in [3.05, 3.63) is 28.7 Å². The molecule has 1 saturated heterocycles. The predicted octanol–water partition coefficient (Wildman–Crippen LogP) is 3.27. The van der Waals surface area contributed by atoms with Crippen molar-refractivity contribution in [2.75, 3.05) is 11.9 Å². The van der Waals surface area contributed by atoms with Gasteiger partial charge in [0.1, 0.15) is 5.54 Å². The summed E-state index contributed by atoms with van der Waals surface area (Å²) in [7, 11) is 0. The number of nitrogens with one attached hydrogen (secondary N) is 1. The van der Waals surface area contributed by atoms with Gasteiger partial charge < -0.3 is 15.2 Å². The Bertz CT molecular complexity index is 472. The topological polar surface area (TPSA) is 58.6 Å². The molecule has 4 nitrogen and oxygen atoms in total. The van der Waals surface area contributed by atoms with Gasteiger partial charge in [0.05, 0.1) is 12.2 Å². The van der Waals surface area contributed by atoms with Crippen molar-refractivity contribution >= 4 is 27.6 Å². The van der Waals surface area contributed by atoms with E-state index in [9.17, 15) is 9.90 Å². The second-order valence-electron chi connectivity index (χ2n) is 5.55. The first-order valence-electron chi connectivity index (χ1n) is 6.24. The molecule has 1 fully saturated rings. The molecule has 104 valence electrons. The SMILES string of the molecule is CC1(C)CC(Nc2ccc(Br)cc2)(C(=O)O)CCO1. The number of carboxylic acid groups (broad SMARTS) is 1. The van der Waals surface area contributed by atoms with Gasteiger partial charge in [0.15, 0.2) is 0 Å². The third-order valence-corrected chi connectivity index (χ3v) is 3.92. The second kappa shape index (κ2) is 5.13. The number of rotatable bonds is 3. The van der Waals surface area contributed by atoms with E-state index < -0.39 is 17.1 Å². The van der Waals surface area contributed by atoms with Gasteiger partial charge in [-0.15, -0.1) is 0 Å². The molecule has 0 spiro atoms. The van der Waals surface area contributed by atoms with E-state index in [1.54, 1.807) is 0 Å². The van der Waals surface area contributed by atoms with Crippen LogP contribution < -0.4 is 5.32 Å². The zero-order valence-electron chi connectivity index (χ0n) is 11.1. The number of carbonyl (C=O) groups is 1. The van der Waals surface area contributed by atoms with Gasteiger partial charge >= 0.3 is 5.97 Å². The summed E-state index contributed by atoms with van der Waals surface area (Å²) >= 11 is 3.37. The lowest BCUT2D eigenvalue weighted by molar-refractivity contribution is -0.152. The highest BCUT2D eigenvalue weighted by atomic mass is 79.9. The van der Waals surface area contributed by atoms with Crippen LogP contribution in [-0.2, 0) is 9.53 Å². The summed E-state index contributed by atoms with van der Waals surface area (Å²) in [5.41, 5.74) is -0.586. The molecule has 19 heavy (non-hydrogen) atoms. The Morgan fingerprint density at radius 3 is 2.53 bits per heavy atom. The molecule has 0 radical (unpaired) electrons. The van der Waals surface area contributed by atoms with Gasteiger partial charge in [-0.2, -0.15) is 0 Å². The van der Waals surface area contributed by atoms with Crippen LogP contribution in [0.25, 0.3) is 0 Å². The third kappa shape index (κ3) is 3.28. The fourth-order valence-electron chi connectivity index (χ4n) is 2.52. The highest BCUT2D eigenvalue weighted by Crippen LogP contribution is 2.35. The average molecular weight is 328 g/mol. The van der Waals surface area contributed by atoms with Crippen molar-refractivity contribution in [2.24, 2.45) is 0 Å². The molecule has 1 heterocycles. The monoisotopic (exact) mass is 327 g/mol. The van der Waals surface area contributed by atoms with Gasteiger partial charge in [-0.25, -0.2) is 4.79 Å². The maximum atomic E-state index is 11.7. The normalized spacial score (nSPS) is 25.8. The molecule has 0 aromatic heterocycles. The summed E-state index contributed by atoms with van der Waals surface area (Å²) in [6.45, 7) is 4.29. The molecule has 1 aliphatic heterocycles. The summed E-state index contributed by atoms with van der Waals surface area (Å²) in [6, 6.07) is 7.53. The number of halogens is 1. The molecule has 2 N–H and O–H groups in total. The van der Waals surface area contributed by atoms with Crippen LogP contribution in [0.4, 0.5) is 5.69 Å². The third-order valence-electron chi connectivity index (χ3n) is 3.39. The fraction of sp³-hybridized carbons (Fsp3) is 0.500. The molecule has 0 amide bonds. The lowest BCUT2D eigenvalue weighted by Gasteiger charge is -2.43. The minimum Gasteiger partial charge on any atom is -0.480 e. The Morgan fingerprint density at radius 2 is 2.00 bits per heavy atom. The highest BCUT2D eigenvalue weighted by molar-refractivity contribution is 9.10. The van der Waals surface area contributed by atoms with Crippen LogP contribution in [-0.4, -0.2) is 28.8 Å². The molecular formula is C14H18BrNO3. The maximum absolute atomic E-state index is 11.7. The largest absolute Gasteiger partial charge is 0.480 e. The van der Waals surface area contributed by atoms with Gasteiger partial charge in [0.2, 0.25) is 0 Å². The molecule has 1 aliphatic rings. The zero-order valence-corrected chi connectivity index (χ0v) is 12.7. The molecule has 1 unspecified atom stereocenters. The van der Waals surface area contributed by atoms with Gasteiger partial charge in [-0.05, 0) is 38.1 Å². The van der Waals surface area contributed by atoms with Crippen LogP contribution >= 0.6 is 15.9 Å². The molecule has 1 aromatic carbocycles. The van der Waals surface area contributed by atoms with Crippen molar-refractivity contribution in [1.82, 2.24) is 0 Å². The number of aliphatic carboxylic acids is 1. The average Bonchev–Trinajstić information content (AvgIpc) is 2.31. The zero-order chi connectivity index (χ0) is 14.1. The fourth-order valence-corrected chi connectivity index (χ4v) is 2.78. The molecule has 0 saturated carbocycles. The van der Waals surface area contributed by atoms with Crippen LogP contribution in [0.3, 0.4) is 0 Å². The van der Waals surface area contributed by atoms with Crippen molar-refractivity contribution < 1.29 is 14.6 Å². The van der Waals surface area contributed by atoms with Crippen LogP contribution in [0.15, 0.2) is 28.7 Å². The number of benzene rings is 1. The molecule has 2 rings (SSSR count). The lowest BCUT2D eigenvalue weighted by atomic mass is 9.81.